The average molecular weight is 226 g/mol. The quantitative estimate of drug-likeness (QED) is 0.757. The maximum Gasteiger partial charge on any atom is 0.233 e. The van der Waals surface area contributed by atoms with Gasteiger partial charge in [-0.05, 0) is 18.8 Å². The van der Waals surface area contributed by atoms with E-state index >= 15 is 0 Å². The molecule has 0 bridgehead atoms. The van der Waals surface area contributed by atoms with Gasteiger partial charge in [-0.1, -0.05) is 25.7 Å². The molecule has 1 fully saturated rings. The first-order valence-corrected chi connectivity index (χ1v) is 6.45. The van der Waals surface area contributed by atoms with Gasteiger partial charge in [-0.2, -0.15) is 9.36 Å². The van der Waals surface area contributed by atoms with Crippen LogP contribution in [0.1, 0.15) is 38.5 Å². The van der Waals surface area contributed by atoms with Crippen molar-refractivity contribution in [2.75, 3.05) is 17.6 Å². The number of nitrogens with one attached hydrogen (secondary N) is 1. The lowest BCUT2D eigenvalue weighted by Gasteiger charge is -2.08. The minimum atomic E-state index is 0.373. The first-order chi connectivity index (χ1) is 7.34. The van der Waals surface area contributed by atoms with Gasteiger partial charge in [0.05, 0.1) is 0 Å². The van der Waals surface area contributed by atoms with Crippen LogP contribution in [0.25, 0.3) is 0 Å². The van der Waals surface area contributed by atoms with Crippen molar-refractivity contribution in [3.63, 3.8) is 0 Å². The maximum absolute atomic E-state index is 5.43. The lowest BCUT2D eigenvalue weighted by molar-refractivity contribution is 0.491. The van der Waals surface area contributed by atoms with Crippen molar-refractivity contribution in [2.45, 2.75) is 38.5 Å². The van der Waals surface area contributed by atoms with Gasteiger partial charge < -0.3 is 11.1 Å². The molecule has 2 rings (SSSR count). The molecule has 1 saturated carbocycles. The molecular formula is C10H18N4S. The van der Waals surface area contributed by atoms with Gasteiger partial charge in [0.15, 0.2) is 0 Å². The molecule has 1 aliphatic carbocycles. The molecule has 15 heavy (non-hydrogen) atoms. The number of hydrogen-bond acceptors (Lipinski definition) is 5. The van der Waals surface area contributed by atoms with Crippen LogP contribution in [0.5, 0.6) is 0 Å². The maximum atomic E-state index is 5.43. The number of rotatable bonds is 5. The summed E-state index contributed by atoms with van der Waals surface area (Å²) in [5.74, 6) is 1.35. The van der Waals surface area contributed by atoms with E-state index in [4.69, 9.17) is 5.73 Å². The largest absolute Gasteiger partial charge is 0.367 e. The average Bonchev–Trinajstić information content (AvgIpc) is 2.84. The predicted octanol–water partition coefficient (Wildman–Crippen LogP) is 2.50. The van der Waals surface area contributed by atoms with E-state index in [1.54, 1.807) is 0 Å². The summed E-state index contributed by atoms with van der Waals surface area (Å²) in [5, 5.41) is 4.10. The van der Waals surface area contributed by atoms with E-state index in [2.05, 4.69) is 14.7 Å². The van der Waals surface area contributed by atoms with Crippen molar-refractivity contribution >= 4 is 22.6 Å². The highest BCUT2D eigenvalue weighted by Gasteiger charge is 2.13. The molecule has 1 heterocycles. The standard InChI is InChI=1S/C10H18N4S/c11-9-13-10(15-14-9)12-7-3-6-8-4-1-2-5-8/h8H,1-7H2,(H3,11,12,13,14). The Morgan fingerprint density at radius 2 is 2.20 bits per heavy atom. The summed E-state index contributed by atoms with van der Waals surface area (Å²) in [4.78, 5) is 4.05. The Morgan fingerprint density at radius 1 is 1.40 bits per heavy atom. The summed E-state index contributed by atoms with van der Waals surface area (Å²) in [5.41, 5.74) is 5.43. The summed E-state index contributed by atoms with van der Waals surface area (Å²) in [6.45, 7) is 0.991. The second-order valence-corrected chi connectivity index (χ2v) is 4.93. The lowest BCUT2D eigenvalue weighted by Crippen LogP contribution is -2.04. The molecule has 0 unspecified atom stereocenters. The molecule has 0 radical (unpaired) electrons. The van der Waals surface area contributed by atoms with Crippen LogP contribution >= 0.6 is 11.5 Å². The zero-order chi connectivity index (χ0) is 10.5. The highest BCUT2D eigenvalue weighted by atomic mass is 32.1. The van der Waals surface area contributed by atoms with Gasteiger partial charge in [0.25, 0.3) is 0 Å². The van der Waals surface area contributed by atoms with Crippen LogP contribution in [0.3, 0.4) is 0 Å². The molecule has 0 saturated heterocycles. The van der Waals surface area contributed by atoms with Gasteiger partial charge in [0.2, 0.25) is 11.1 Å². The van der Waals surface area contributed by atoms with Crippen LogP contribution in [0.15, 0.2) is 0 Å². The van der Waals surface area contributed by atoms with Crippen molar-refractivity contribution in [1.82, 2.24) is 9.36 Å². The summed E-state index contributed by atoms with van der Waals surface area (Å²) >= 11 is 1.34. The van der Waals surface area contributed by atoms with Crippen LogP contribution in [-0.4, -0.2) is 15.9 Å². The normalized spacial score (nSPS) is 17.1. The van der Waals surface area contributed by atoms with Gasteiger partial charge in [-0.15, -0.1) is 0 Å². The summed E-state index contributed by atoms with van der Waals surface area (Å²) in [7, 11) is 0. The molecule has 0 amide bonds. The van der Waals surface area contributed by atoms with E-state index in [-0.39, 0.29) is 0 Å². The van der Waals surface area contributed by atoms with E-state index in [0.29, 0.717) is 5.95 Å². The number of anilines is 2. The Kier molecular flexibility index (Phi) is 3.77. The Balaban J connectivity index is 1.58. The van der Waals surface area contributed by atoms with Gasteiger partial charge in [0, 0.05) is 18.1 Å². The fraction of sp³-hybridized carbons (Fsp3) is 0.800. The molecule has 0 aliphatic heterocycles. The topological polar surface area (TPSA) is 63.8 Å². The third kappa shape index (κ3) is 3.34. The Bertz CT molecular complexity index is 293. The lowest BCUT2D eigenvalue weighted by atomic mass is 10.0. The first-order valence-electron chi connectivity index (χ1n) is 5.67. The van der Waals surface area contributed by atoms with Gasteiger partial charge in [0.1, 0.15) is 0 Å². The smallest absolute Gasteiger partial charge is 0.233 e. The number of nitrogens with zero attached hydrogens (tertiary/aromatic N) is 2. The van der Waals surface area contributed by atoms with Crippen LogP contribution < -0.4 is 11.1 Å². The highest BCUT2D eigenvalue weighted by molar-refractivity contribution is 7.09. The second-order valence-electron chi connectivity index (χ2n) is 4.18. The SMILES string of the molecule is Nc1nsc(NCCCC2CCCC2)n1. The molecule has 1 aliphatic rings. The minimum Gasteiger partial charge on any atom is -0.367 e. The number of nitrogens with two attached hydrogens (primary N) is 1. The first kappa shape index (κ1) is 10.7. The van der Waals surface area contributed by atoms with E-state index < -0.39 is 0 Å². The van der Waals surface area contributed by atoms with Crippen LogP contribution in [-0.2, 0) is 0 Å². The van der Waals surface area contributed by atoms with Crippen molar-refractivity contribution in [2.24, 2.45) is 5.92 Å². The molecule has 84 valence electrons. The minimum absolute atomic E-state index is 0.373. The molecule has 0 atom stereocenters. The van der Waals surface area contributed by atoms with E-state index in [1.165, 1.54) is 50.1 Å². The number of hydrogen-bond donors (Lipinski definition) is 2. The molecule has 5 heteroatoms. The van der Waals surface area contributed by atoms with Gasteiger partial charge in [-0.25, -0.2) is 0 Å². The fourth-order valence-corrected chi connectivity index (χ4v) is 2.71. The second kappa shape index (κ2) is 5.30. The fourth-order valence-electron chi connectivity index (χ4n) is 2.19. The third-order valence-electron chi connectivity index (χ3n) is 2.98. The van der Waals surface area contributed by atoms with E-state index in [0.717, 1.165) is 17.6 Å². The zero-order valence-electron chi connectivity index (χ0n) is 8.91. The van der Waals surface area contributed by atoms with Gasteiger partial charge >= 0.3 is 0 Å². The third-order valence-corrected chi connectivity index (χ3v) is 3.67. The molecule has 1 aromatic heterocycles. The molecule has 4 nitrogen and oxygen atoms in total. The molecule has 0 aromatic carbocycles. The van der Waals surface area contributed by atoms with Crippen molar-refractivity contribution < 1.29 is 0 Å². The Hall–Kier alpha value is -0.840. The van der Waals surface area contributed by atoms with E-state index in [9.17, 15) is 0 Å². The zero-order valence-corrected chi connectivity index (χ0v) is 9.72. The monoisotopic (exact) mass is 226 g/mol. The molecular weight excluding hydrogens is 208 g/mol. The Labute approximate surface area is 94.5 Å². The molecule has 3 N–H and O–H groups in total. The van der Waals surface area contributed by atoms with Gasteiger partial charge in [-0.3, -0.25) is 0 Å². The van der Waals surface area contributed by atoms with Crippen molar-refractivity contribution in [3.05, 3.63) is 0 Å². The van der Waals surface area contributed by atoms with Crippen molar-refractivity contribution in [3.8, 4) is 0 Å². The number of aromatic nitrogens is 2. The Morgan fingerprint density at radius 3 is 2.87 bits per heavy atom. The van der Waals surface area contributed by atoms with Crippen LogP contribution in [0, 0.1) is 5.92 Å². The number of nitrogen functional groups attached to an aromatic ring is 1. The predicted molar refractivity (Wildman–Crippen MR) is 64.0 cm³/mol. The highest BCUT2D eigenvalue weighted by Crippen LogP contribution is 2.28. The van der Waals surface area contributed by atoms with E-state index in [1.807, 2.05) is 0 Å². The van der Waals surface area contributed by atoms with Crippen LogP contribution in [0.4, 0.5) is 11.1 Å². The molecule has 1 aromatic rings. The van der Waals surface area contributed by atoms with Crippen molar-refractivity contribution in [1.29, 1.82) is 0 Å². The summed E-state index contributed by atoms with van der Waals surface area (Å²) < 4.78 is 3.92. The summed E-state index contributed by atoms with van der Waals surface area (Å²) in [6.07, 6.45) is 8.32. The summed E-state index contributed by atoms with van der Waals surface area (Å²) in [6, 6.07) is 0. The molecule has 0 spiro atoms. The van der Waals surface area contributed by atoms with Crippen LogP contribution in [0.2, 0.25) is 0 Å².